The predicted molar refractivity (Wildman–Crippen MR) is 178 cm³/mol. The molecular formula is C35H45ClN2O7S. The van der Waals surface area contributed by atoms with Crippen LogP contribution in [0.5, 0.6) is 5.75 Å². The molecule has 2 bridgehead atoms. The summed E-state index contributed by atoms with van der Waals surface area (Å²) >= 11 is 6.40. The van der Waals surface area contributed by atoms with Crippen LogP contribution in [0.3, 0.4) is 0 Å². The maximum Gasteiger partial charge on any atom is 0.264 e. The molecule has 1 amide bonds. The van der Waals surface area contributed by atoms with Crippen LogP contribution in [0.15, 0.2) is 48.6 Å². The molecule has 2 aromatic carbocycles. The number of carbonyl (C=O) groups is 1. The fourth-order valence-corrected chi connectivity index (χ4v) is 9.91. The fraction of sp³-hybridized carbons (Fsp3) is 0.571. The lowest BCUT2D eigenvalue weighted by atomic mass is 9.68. The van der Waals surface area contributed by atoms with Gasteiger partial charge in [-0.3, -0.25) is 4.79 Å². The van der Waals surface area contributed by atoms with Crippen molar-refractivity contribution in [3.05, 3.63) is 70.3 Å². The number of sulfonamides is 1. The smallest absolute Gasteiger partial charge is 0.264 e. The van der Waals surface area contributed by atoms with Gasteiger partial charge in [-0.05, 0) is 104 Å². The number of rotatable bonds is 4. The number of aliphatic hydroxyl groups excluding tert-OH is 2. The van der Waals surface area contributed by atoms with Crippen molar-refractivity contribution in [1.82, 2.24) is 4.72 Å². The summed E-state index contributed by atoms with van der Waals surface area (Å²) in [5.74, 6) is -0.224. The van der Waals surface area contributed by atoms with Crippen LogP contribution < -0.4 is 14.4 Å². The molecule has 3 N–H and O–H groups in total. The van der Waals surface area contributed by atoms with Crippen LogP contribution in [0.2, 0.25) is 5.02 Å². The van der Waals surface area contributed by atoms with Crippen LogP contribution in [-0.4, -0.2) is 75.4 Å². The molecule has 2 unspecified atom stereocenters. The van der Waals surface area contributed by atoms with Crippen molar-refractivity contribution >= 4 is 33.2 Å². The number of nitrogens with zero attached hydrogens (tertiary/aromatic N) is 1. The van der Waals surface area contributed by atoms with Crippen molar-refractivity contribution in [3.63, 3.8) is 0 Å². The van der Waals surface area contributed by atoms with Gasteiger partial charge in [0.25, 0.3) is 5.91 Å². The van der Waals surface area contributed by atoms with E-state index < -0.39 is 39.3 Å². The van der Waals surface area contributed by atoms with E-state index in [0.29, 0.717) is 36.9 Å². The molecule has 11 heteroatoms. The van der Waals surface area contributed by atoms with Gasteiger partial charge >= 0.3 is 0 Å². The lowest BCUT2D eigenvalue weighted by molar-refractivity contribution is 0.0455. The number of fused-ring (bicyclic) bond motifs is 4. The number of aliphatic hydroxyl groups is 2. The third-order valence-electron chi connectivity index (χ3n) is 10.6. The number of amides is 1. The zero-order valence-corrected chi connectivity index (χ0v) is 28.1. The minimum atomic E-state index is -4.20. The SMILES string of the molecule is COC[C@@H](O)C[C@H]1[C@@H](C)C/C=C/[C@H](O)C2CCC2CN2C[C@@]3(CCCc4cc(Cl)ccc43)COc3ccc(cc32)C(=O)NS1(=O)=O. The first-order valence-electron chi connectivity index (χ1n) is 16.4. The molecule has 1 fully saturated rings. The second-order valence-electron chi connectivity index (χ2n) is 13.8. The highest BCUT2D eigenvalue weighted by Gasteiger charge is 2.44. The van der Waals surface area contributed by atoms with Gasteiger partial charge in [0, 0.05) is 36.2 Å². The predicted octanol–water partition coefficient (Wildman–Crippen LogP) is 4.62. The highest BCUT2D eigenvalue weighted by molar-refractivity contribution is 7.90. The normalized spacial score (nSPS) is 32.2. The topological polar surface area (TPSA) is 125 Å². The number of benzene rings is 2. The molecule has 2 heterocycles. The number of hydrogen-bond donors (Lipinski definition) is 3. The van der Waals surface area contributed by atoms with Gasteiger partial charge in [-0.25, -0.2) is 13.1 Å². The zero-order chi connectivity index (χ0) is 32.6. The minimum absolute atomic E-state index is 0.0238. The van der Waals surface area contributed by atoms with Crippen LogP contribution in [0, 0.1) is 17.8 Å². The summed E-state index contributed by atoms with van der Waals surface area (Å²) in [6.07, 6.45) is 6.98. The zero-order valence-electron chi connectivity index (χ0n) is 26.5. The van der Waals surface area contributed by atoms with Gasteiger partial charge in [-0.15, -0.1) is 0 Å². The first-order valence-corrected chi connectivity index (χ1v) is 18.3. The second-order valence-corrected chi connectivity index (χ2v) is 16.1. The summed E-state index contributed by atoms with van der Waals surface area (Å²) in [5, 5.41) is 21.4. The maximum atomic E-state index is 13.7. The van der Waals surface area contributed by atoms with Crippen molar-refractivity contribution in [2.45, 2.75) is 74.7 Å². The second kappa shape index (κ2) is 13.5. The Hall–Kier alpha value is -2.63. The van der Waals surface area contributed by atoms with Crippen molar-refractivity contribution in [2.24, 2.45) is 17.8 Å². The number of hydrogen-bond acceptors (Lipinski definition) is 8. The van der Waals surface area contributed by atoms with Crippen molar-refractivity contribution < 1.29 is 32.9 Å². The minimum Gasteiger partial charge on any atom is -0.490 e. The summed E-state index contributed by atoms with van der Waals surface area (Å²) in [6.45, 7) is 3.56. The van der Waals surface area contributed by atoms with Gasteiger partial charge < -0.3 is 24.6 Å². The largest absolute Gasteiger partial charge is 0.490 e. The van der Waals surface area contributed by atoms with E-state index in [-0.39, 0.29) is 35.8 Å². The number of halogens is 1. The molecule has 0 saturated heterocycles. The van der Waals surface area contributed by atoms with Crippen molar-refractivity contribution in [2.75, 3.05) is 38.3 Å². The van der Waals surface area contributed by atoms with Crippen LogP contribution in [-0.2, 0) is 26.6 Å². The molecule has 1 spiro atoms. The van der Waals surface area contributed by atoms with Gasteiger partial charge in [0.15, 0.2) is 0 Å². The Bertz CT molecular complexity index is 1580. The number of aryl methyl sites for hydroxylation is 1. The summed E-state index contributed by atoms with van der Waals surface area (Å²) in [5.41, 5.74) is 3.12. The van der Waals surface area contributed by atoms with E-state index in [9.17, 15) is 23.4 Å². The van der Waals surface area contributed by atoms with Crippen LogP contribution in [0.25, 0.3) is 0 Å². The number of anilines is 1. The first kappa shape index (κ1) is 33.3. The standard InChI is InChI=1S/C35H45ClN2O7S/c1-22-5-3-7-31(40)28-11-8-25(28)18-38-20-35(14-4-6-23-15-26(36)10-12-29(23)35)21-45-32-13-9-24(16-30(32)38)34(41)37-46(42,43)33(22)17-27(39)19-44-2/h3,7,9-10,12-13,15-16,22,25,27-28,31,33,39-40H,4-6,8,11,14,17-21H2,1-2H3,(H,37,41)/b7-3+/t22-,25?,27-,28?,31-,33-,35-/m0/s1. The molecule has 6 rings (SSSR count). The molecule has 9 nitrogen and oxygen atoms in total. The highest BCUT2D eigenvalue weighted by atomic mass is 35.5. The monoisotopic (exact) mass is 672 g/mol. The van der Waals surface area contributed by atoms with E-state index in [2.05, 4.69) is 21.8 Å². The quantitative estimate of drug-likeness (QED) is 0.402. The lowest BCUT2D eigenvalue weighted by Gasteiger charge is -2.45. The Morgan fingerprint density at radius 1 is 1.22 bits per heavy atom. The third-order valence-corrected chi connectivity index (χ3v) is 12.8. The number of methoxy groups -OCH3 is 1. The van der Waals surface area contributed by atoms with E-state index in [1.165, 1.54) is 18.2 Å². The van der Waals surface area contributed by atoms with E-state index in [4.69, 9.17) is 21.1 Å². The molecule has 4 aliphatic rings. The molecular weight excluding hydrogens is 628 g/mol. The Morgan fingerprint density at radius 3 is 2.80 bits per heavy atom. The van der Waals surface area contributed by atoms with E-state index >= 15 is 0 Å². The Labute approximate surface area is 277 Å². The van der Waals surface area contributed by atoms with E-state index in [1.54, 1.807) is 31.2 Å². The number of allylic oxidation sites excluding steroid dienone is 1. The lowest BCUT2D eigenvalue weighted by Crippen LogP contribution is -2.49. The van der Waals surface area contributed by atoms with Crippen LogP contribution >= 0.6 is 11.6 Å². The van der Waals surface area contributed by atoms with Gasteiger partial charge in [0.2, 0.25) is 10.0 Å². The molecule has 2 aliphatic heterocycles. The summed E-state index contributed by atoms with van der Waals surface area (Å²) < 4.78 is 41.3. The first-order chi connectivity index (χ1) is 22.0. The number of ether oxygens (including phenoxy) is 2. The number of nitrogens with one attached hydrogen (secondary N) is 1. The molecule has 46 heavy (non-hydrogen) atoms. The molecule has 2 aromatic rings. The van der Waals surface area contributed by atoms with Gasteiger partial charge in [-0.1, -0.05) is 36.7 Å². The van der Waals surface area contributed by atoms with Crippen molar-refractivity contribution in [3.8, 4) is 5.75 Å². The average Bonchev–Trinajstić information content (AvgIpc) is 3.14. The Balaban J connectivity index is 1.40. The van der Waals surface area contributed by atoms with Gasteiger partial charge in [0.1, 0.15) is 5.75 Å². The number of carbonyl (C=O) groups excluding carboxylic acids is 1. The highest BCUT2D eigenvalue weighted by Crippen LogP contribution is 2.46. The summed E-state index contributed by atoms with van der Waals surface area (Å²) in [6, 6.07) is 11.2. The Morgan fingerprint density at radius 2 is 2.04 bits per heavy atom. The molecule has 7 atom stereocenters. The summed E-state index contributed by atoms with van der Waals surface area (Å²) in [4.78, 5) is 15.9. The molecule has 250 valence electrons. The van der Waals surface area contributed by atoms with Crippen LogP contribution in [0.4, 0.5) is 5.69 Å². The molecule has 0 aromatic heterocycles. The summed E-state index contributed by atoms with van der Waals surface area (Å²) in [7, 11) is -2.76. The van der Waals surface area contributed by atoms with Crippen molar-refractivity contribution in [1.29, 1.82) is 0 Å². The maximum absolute atomic E-state index is 13.7. The average molecular weight is 673 g/mol. The van der Waals surface area contributed by atoms with E-state index in [0.717, 1.165) is 37.8 Å². The molecule has 1 saturated carbocycles. The van der Waals surface area contributed by atoms with Crippen LogP contribution in [0.1, 0.15) is 66.9 Å². The van der Waals surface area contributed by atoms with Gasteiger partial charge in [-0.2, -0.15) is 0 Å². The Kier molecular flexibility index (Phi) is 9.75. The van der Waals surface area contributed by atoms with Gasteiger partial charge in [0.05, 0.1) is 36.4 Å². The molecule has 0 radical (unpaired) electrons. The fourth-order valence-electron chi connectivity index (χ4n) is 7.99. The molecule has 2 aliphatic carbocycles. The third kappa shape index (κ3) is 6.69. The van der Waals surface area contributed by atoms with E-state index in [1.807, 2.05) is 12.1 Å².